The summed E-state index contributed by atoms with van der Waals surface area (Å²) in [4.78, 5) is 24.8. The van der Waals surface area contributed by atoms with Gasteiger partial charge in [0.2, 0.25) is 0 Å². The predicted molar refractivity (Wildman–Crippen MR) is 90.9 cm³/mol. The van der Waals surface area contributed by atoms with Crippen LogP contribution < -0.4 is 0 Å². The van der Waals surface area contributed by atoms with Crippen LogP contribution in [0.3, 0.4) is 0 Å². The lowest BCUT2D eigenvalue weighted by Crippen LogP contribution is -2.74. The maximum Gasteiger partial charge on any atom is 0.306 e. The fraction of sp³-hybridized carbons (Fsp3) is 0.700. The molecule has 2 saturated carbocycles. The minimum absolute atomic E-state index is 0.0436. The lowest BCUT2D eigenvalue weighted by molar-refractivity contribution is -0.305. The van der Waals surface area contributed by atoms with Crippen molar-refractivity contribution >= 4 is 11.8 Å². The third kappa shape index (κ3) is 1.69. The highest BCUT2D eigenvalue weighted by atomic mass is 16.6. The average Bonchev–Trinajstić information content (AvgIpc) is 2.90. The standard InChI is InChI=1S/C20H24O7/c1-8-4-12(21)16(24)18(3)10(8)5-13-19-7-26-20(25,17(18)19)15(23)9(2)11(19)6-14(22)27-13/h4,10-11,13,15-17,23-25H,2,5-7H2,1,3H3. The summed E-state index contributed by atoms with van der Waals surface area (Å²) < 4.78 is 11.5. The highest BCUT2D eigenvalue weighted by Gasteiger charge is 2.81. The maximum atomic E-state index is 12.5. The molecule has 5 aliphatic rings. The second-order valence-corrected chi connectivity index (χ2v) is 9.15. The van der Waals surface area contributed by atoms with Crippen LogP contribution in [0.2, 0.25) is 0 Å². The minimum Gasteiger partial charge on any atom is -0.462 e. The van der Waals surface area contributed by atoms with Gasteiger partial charge in [-0.05, 0) is 30.9 Å². The van der Waals surface area contributed by atoms with Crippen molar-refractivity contribution in [3.63, 3.8) is 0 Å². The Kier molecular flexibility index (Phi) is 3.18. The number of carbonyl (C=O) groups excluding carboxylic acids is 2. The van der Waals surface area contributed by atoms with Crippen LogP contribution in [0.15, 0.2) is 23.8 Å². The van der Waals surface area contributed by atoms with Crippen molar-refractivity contribution in [3.05, 3.63) is 23.8 Å². The van der Waals surface area contributed by atoms with E-state index in [0.717, 1.165) is 5.57 Å². The second kappa shape index (κ2) is 4.89. The summed E-state index contributed by atoms with van der Waals surface area (Å²) in [7, 11) is 0. The van der Waals surface area contributed by atoms with Gasteiger partial charge in [0, 0.05) is 22.7 Å². The van der Waals surface area contributed by atoms with Gasteiger partial charge in [0.15, 0.2) is 11.6 Å². The maximum absolute atomic E-state index is 12.5. The van der Waals surface area contributed by atoms with Crippen LogP contribution in [0.25, 0.3) is 0 Å². The molecule has 3 N–H and O–H groups in total. The van der Waals surface area contributed by atoms with E-state index in [2.05, 4.69) is 6.58 Å². The summed E-state index contributed by atoms with van der Waals surface area (Å²) in [5.74, 6) is -4.25. The third-order valence-corrected chi connectivity index (χ3v) is 8.19. The van der Waals surface area contributed by atoms with Gasteiger partial charge in [0.1, 0.15) is 18.3 Å². The molecule has 9 unspecified atom stereocenters. The van der Waals surface area contributed by atoms with Crippen molar-refractivity contribution in [2.45, 2.75) is 50.8 Å². The number of hydrogen-bond acceptors (Lipinski definition) is 7. The molecule has 2 heterocycles. The van der Waals surface area contributed by atoms with Crippen molar-refractivity contribution < 1.29 is 34.4 Å². The number of ether oxygens (including phenoxy) is 2. The molecule has 3 aliphatic carbocycles. The third-order valence-electron chi connectivity index (χ3n) is 8.19. The van der Waals surface area contributed by atoms with Crippen LogP contribution in [0, 0.1) is 28.6 Å². The lowest BCUT2D eigenvalue weighted by atomic mass is 9.39. The smallest absolute Gasteiger partial charge is 0.306 e. The zero-order valence-electron chi connectivity index (χ0n) is 15.3. The van der Waals surface area contributed by atoms with Crippen LogP contribution in [-0.2, 0) is 19.1 Å². The van der Waals surface area contributed by atoms with E-state index in [-0.39, 0.29) is 24.9 Å². The quantitative estimate of drug-likeness (QED) is 0.405. The number of fused-ring (bicyclic) bond motifs is 1. The van der Waals surface area contributed by atoms with Crippen LogP contribution in [0.5, 0.6) is 0 Å². The molecule has 7 heteroatoms. The molecule has 5 rings (SSSR count). The lowest BCUT2D eigenvalue weighted by Gasteiger charge is -2.66. The fourth-order valence-electron chi connectivity index (χ4n) is 7.14. The van der Waals surface area contributed by atoms with Gasteiger partial charge in [-0.1, -0.05) is 19.1 Å². The summed E-state index contributed by atoms with van der Waals surface area (Å²) in [6.07, 6.45) is -1.36. The van der Waals surface area contributed by atoms with Crippen molar-refractivity contribution in [2.24, 2.45) is 28.6 Å². The number of esters is 1. The molecule has 0 amide bonds. The Bertz CT molecular complexity index is 817. The molecule has 27 heavy (non-hydrogen) atoms. The number of aliphatic hydroxyl groups is 3. The SMILES string of the molecule is C=C1C(O)C2(O)OCC34C(CC5C(C)=CC(=O)C(O)C5(C)C23)OC(=O)CC14. The first-order valence-corrected chi connectivity index (χ1v) is 9.41. The summed E-state index contributed by atoms with van der Waals surface area (Å²) >= 11 is 0. The summed E-state index contributed by atoms with van der Waals surface area (Å²) in [6, 6.07) is 0. The molecule has 0 aromatic carbocycles. The second-order valence-electron chi connectivity index (χ2n) is 9.15. The number of allylic oxidation sites excluding steroid dienone is 1. The highest BCUT2D eigenvalue weighted by molar-refractivity contribution is 5.96. The van der Waals surface area contributed by atoms with Crippen LogP contribution in [0.1, 0.15) is 26.7 Å². The van der Waals surface area contributed by atoms with Crippen molar-refractivity contribution in [1.29, 1.82) is 0 Å². The Hall–Kier alpha value is -1.54. The first kappa shape index (κ1) is 17.6. The van der Waals surface area contributed by atoms with E-state index >= 15 is 0 Å². The van der Waals surface area contributed by atoms with Gasteiger partial charge < -0.3 is 24.8 Å². The Morgan fingerprint density at radius 1 is 1.22 bits per heavy atom. The zero-order chi connectivity index (χ0) is 19.5. The van der Waals surface area contributed by atoms with Crippen molar-refractivity contribution in [3.8, 4) is 0 Å². The van der Waals surface area contributed by atoms with Gasteiger partial charge in [-0.25, -0.2) is 0 Å². The molecule has 2 saturated heterocycles. The van der Waals surface area contributed by atoms with Crippen molar-refractivity contribution in [2.75, 3.05) is 6.61 Å². The normalized spacial score (nSPS) is 56.2. The number of ketones is 1. The minimum atomic E-state index is -1.98. The molecule has 0 aromatic heterocycles. The van der Waals surface area contributed by atoms with E-state index in [0.29, 0.717) is 12.0 Å². The van der Waals surface area contributed by atoms with Gasteiger partial charge in [-0.3, -0.25) is 9.59 Å². The van der Waals surface area contributed by atoms with E-state index in [1.54, 1.807) is 6.92 Å². The fourth-order valence-corrected chi connectivity index (χ4v) is 7.14. The van der Waals surface area contributed by atoms with Crippen molar-refractivity contribution in [1.82, 2.24) is 0 Å². The van der Waals surface area contributed by atoms with Gasteiger partial charge in [-0.2, -0.15) is 0 Å². The molecule has 0 radical (unpaired) electrons. The predicted octanol–water partition coefficient (Wildman–Crippen LogP) is 0.0863. The number of aliphatic hydroxyl groups excluding tert-OH is 2. The molecule has 146 valence electrons. The molecule has 0 aromatic rings. The molecule has 1 spiro atoms. The first-order valence-electron chi connectivity index (χ1n) is 9.41. The zero-order valence-corrected chi connectivity index (χ0v) is 15.3. The van der Waals surface area contributed by atoms with E-state index in [9.17, 15) is 24.9 Å². The summed E-state index contributed by atoms with van der Waals surface area (Å²) in [6.45, 7) is 7.64. The average molecular weight is 376 g/mol. The molecule has 2 aliphatic heterocycles. The molecule has 4 fully saturated rings. The van der Waals surface area contributed by atoms with Gasteiger partial charge in [0.25, 0.3) is 0 Å². The summed E-state index contributed by atoms with van der Waals surface area (Å²) in [5.41, 5.74) is -0.730. The topological polar surface area (TPSA) is 113 Å². The Balaban J connectivity index is 1.79. The van der Waals surface area contributed by atoms with E-state index in [1.807, 2.05) is 6.92 Å². The Labute approximate surface area is 156 Å². The Morgan fingerprint density at radius 2 is 1.93 bits per heavy atom. The van der Waals surface area contributed by atoms with E-state index in [4.69, 9.17) is 9.47 Å². The van der Waals surface area contributed by atoms with Crippen LogP contribution in [-0.4, -0.2) is 57.8 Å². The number of carbonyl (C=O) groups is 2. The van der Waals surface area contributed by atoms with Gasteiger partial charge in [-0.15, -0.1) is 0 Å². The molecule has 2 bridgehead atoms. The largest absolute Gasteiger partial charge is 0.462 e. The molecule has 9 atom stereocenters. The van der Waals surface area contributed by atoms with E-state index < -0.39 is 52.5 Å². The Morgan fingerprint density at radius 3 is 2.63 bits per heavy atom. The number of rotatable bonds is 0. The monoisotopic (exact) mass is 376 g/mol. The van der Waals surface area contributed by atoms with E-state index in [1.165, 1.54) is 6.08 Å². The van der Waals surface area contributed by atoms with Gasteiger partial charge in [0.05, 0.1) is 13.0 Å². The highest BCUT2D eigenvalue weighted by Crippen LogP contribution is 2.73. The van der Waals surface area contributed by atoms with Crippen LogP contribution in [0.4, 0.5) is 0 Å². The number of hydrogen-bond donors (Lipinski definition) is 3. The molecule has 7 nitrogen and oxygen atoms in total. The molecular formula is C20H24O7. The van der Waals surface area contributed by atoms with Crippen LogP contribution >= 0.6 is 0 Å². The molecular weight excluding hydrogens is 352 g/mol. The summed E-state index contributed by atoms with van der Waals surface area (Å²) in [5, 5.41) is 33.3. The first-order chi connectivity index (χ1) is 12.6. The van der Waals surface area contributed by atoms with Gasteiger partial charge >= 0.3 is 5.97 Å².